The van der Waals surface area contributed by atoms with Crippen molar-refractivity contribution >= 4 is 0 Å². The van der Waals surface area contributed by atoms with E-state index in [4.69, 9.17) is 0 Å². The van der Waals surface area contributed by atoms with Crippen LogP contribution < -0.4 is 9.47 Å². The monoisotopic (exact) mass is 568 g/mol. The first-order valence-corrected chi connectivity index (χ1v) is 13.1. The molecule has 2 aromatic rings. The highest BCUT2D eigenvalue weighted by Crippen LogP contribution is 2.45. The van der Waals surface area contributed by atoms with Crippen LogP contribution in [0.5, 0.6) is 11.5 Å². The third-order valence-corrected chi connectivity index (χ3v) is 8.17. The van der Waals surface area contributed by atoms with Crippen LogP contribution in [-0.2, 0) is 6.11 Å². The van der Waals surface area contributed by atoms with Crippen LogP contribution in [-0.4, -0.2) is 6.36 Å². The fourth-order valence-corrected chi connectivity index (χ4v) is 6.11. The second kappa shape index (κ2) is 11.5. The average Bonchev–Trinajstić information content (AvgIpc) is 2.85. The Labute approximate surface area is 220 Å². The molecule has 4 rings (SSSR count). The summed E-state index contributed by atoms with van der Waals surface area (Å²) in [7, 11) is 0. The van der Waals surface area contributed by atoms with E-state index in [2.05, 4.69) is 16.4 Å². The number of rotatable bonds is 7. The van der Waals surface area contributed by atoms with Gasteiger partial charge in [-0.05, 0) is 79.9 Å². The molecule has 2 aromatic carbocycles. The van der Waals surface area contributed by atoms with Gasteiger partial charge in [-0.1, -0.05) is 26.2 Å². The van der Waals surface area contributed by atoms with E-state index in [0.717, 1.165) is 30.9 Å². The molecule has 0 spiro atoms. The number of alkyl halides is 5. The molecule has 0 bridgehead atoms. The Hall–Kier alpha value is -2.59. The Morgan fingerprint density at radius 2 is 1.15 bits per heavy atom. The Balaban J connectivity index is 1.44. The Kier molecular flexibility index (Phi) is 8.66. The Morgan fingerprint density at radius 3 is 1.62 bits per heavy atom. The van der Waals surface area contributed by atoms with Crippen molar-refractivity contribution in [3.63, 3.8) is 0 Å². The third-order valence-electron chi connectivity index (χ3n) is 8.17. The second-order valence-corrected chi connectivity index (χ2v) is 10.5. The van der Waals surface area contributed by atoms with Crippen LogP contribution in [0.2, 0.25) is 0 Å². The van der Waals surface area contributed by atoms with Crippen molar-refractivity contribution < 1.29 is 49.0 Å². The van der Waals surface area contributed by atoms with E-state index in [1.54, 1.807) is 0 Å². The predicted molar refractivity (Wildman–Crippen MR) is 124 cm³/mol. The molecule has 11 heteroatoms. The Bertz CT molecular complexity index is 1100. The number of ether oxygens (including phenoxy) is 2. The van der Waals surface area contributed by atoms with Crippen LogP contribution in [0, 0.1) is 41.0 Å². The lowest BCUT2D eigenvalue weighted by Gasteiger charge is -2.38. The maximum atomic E-state index is 14.8. The minimum atomic E-state index is -5.45. The first-order chi connectivity index (χ1) is 18.3. The smallest absolute Gasteiger partial charge is 0.429 e. The fraction of sp³-hybridized carbons (Fsp3) is 0.571. The molecule has 0 heterocycles. The molecule has 2 aliphatic rings. The van der Waals surface area contributed by atoms with E-state index in [1.807, 2.05) is 0 Å². The summed E-state index contributed by atoms with van der Waals surface area (Å²) in [5, 5.41) is 0. The lowest BCUT2D eigenvalue weighted by molar-refractivity contribution is -0.276. The molecule has 39 heavy (non-hydrogen) atoms. The molecule has 0 radical (unpaired) electrons. The molecule has 2 nitrogen and oxygen atoms in total. The minimum absolute atomic E-state index is 0.00456. The van der Waals surface area contributed by atoms with Crippen LogP contribution in [0.1, 0.15) is 81.8 Å². The van der Waals surface area contributed by atoms with Gasteiger partial charge < -0.3 is 9.47 Å². The van der Waals surface area contributed by atoms with Gasteiger partial charge in [0, 0.05) is 12.1 Å². The van der Waals surface area contributed by atoms with Gasteiger partial charge in [0.05, 0.1) is 0 Å². The van der Waals surface area contributed by atoms with E-state index in [0.29, 0.717) is 24.7 Å². The van der Waals surface area contributed by atoms with Crippen molar-refractivity contribution in [1.29, 1.82) is 0 Å². The van der Waals surface area contributed by atoms with Crippen molar-refractivity contribution in [2.75, 3.05) is 0 Å². The van der Waals surface area contributed by atoms with Gasteiger partial charge in [-0.25, -0.2) is 17.6 Å². The molecule has 0 amide bonds. The van der Waals surface area contributed by atoms with Gasteiger partial charge >= 0.3 is 12.5 Å². The molecule has 0 saturated heterocycles. The molecule has 2 aliphatic carbocycles. The van der Waals surface area contributed by atoms with Gasteiger partial charge in [0.2, 0.25) is 5.75 Å². The van der Waals surface area contributed by atoms with Crippen molar-refractivity contribution in [2.45, 2.75) is 83.1 Å². The maximum absolute atomic E-state index is 14.8. The highest BCUT2D eigenvalue weighted by atomic mass is 19.4. The van der Waals surface area contributed by atoms with Gasteiger partial charge in [-0.15, -0.1) is 13.2 Å². The highest BCUT2D eigenvalue weighted by Gasteiger charge is 2.42. The zero-order valence-electron chi connectivity index (χ0n) is 21.2. The summed E-state index contributed by atoms with van der Waals surface area (Å²) < 4.78 is 131. The lowest BCUT2D eigenvalue weighted by Crippen LogP contribution is -2.27. The maximum Gasteiger partial charge on any atom is 0.573 e. The molecule has 216 valence electrons. The predicted octanol–water partition coefficient (Wildman–Crippen LogP) is 9.76. The largest absolute Gasteiger partial charge is 0.573 e. The van der Waals surface area contributed by atoms with Crippen molar-refractivity contribution in [2.24, 2.45) is 17.8 Å². The summed E-state index contributed by atoms with van der Waals surface area (Å²) in [5.41, 5.74) is -1.53. The molecular formula is C28H29F9O2. The number of benzene rings is 2. The molecule has 2 fully saturated rings. The van der Waals surface area contributed by atoms with Crippen LogP contribution in [0.3, 0.4) is 0 Å². The first kappa shape index (κ1) is 29.4. The van der Waals surface area contributed by atoms with E-state index in [1.165, 1.54) is 32.1 Å². The normalized spacial score (nSPS) is 24.5. The molecule has 0 aliphatic heterocycles. The summed E-state index contributed by atoms with van der Waals surface area (Å²) in [6.45, 7) is 2.20. The van der Waals surface area contributed by atoms with Gasteiger partial charge in [-0.3, -0.25) is 0 Å². The van der Waals surface area contributed by atoms with Gasteiger partial charge in [0.1, 0.15) is 22.9 Å². The van der Waals surface area contributed by atoms with Crippen molar-refractivity contribution in [3.8, 4) is 11.5 Å². The van der Waals surface area contributed by atoms with Crippen molar-refractivity contribution in [1.82, 2.24) is 0 Å². The molecule has 0 N–H and O–H groups in total. The summed E-state index contributed by atoms with van der Waals surface area (Å²) in [6.07, 6.45) is -1.04. The number of halogens is 9. The van der Waals surface area contributed by atoms with E-state index in [9.17, 15) is 39.5 Å². The number of hydrogen-bond acceptors (Lipinski definition) is 2. The van der Waals surface area contributed by atoms with Crippen LogP contribution in [0.4, 0.5) is 39.5 Å². The van der Waals surface area contributed by atoms with Crippen LogP contribution in [0.25, 0.3) is 0 Å². The molecule has 0 aromatic heterocycles. The van der Waals surface area contributed by atoms with Gasteiger partial charge in [-0.2, -0.15) is 8.78 Å². The molecule has 0 unspecified atom stereocenters. The highest BCUT2D eigenvalue weighted by molar-refractivity contribution is 5.37. The van der Waals surface area contributed by atoms with E-state index < -0.39 is 52.8 Å². The zero-order valence-corrected chi connectivity index (χ0v) is 21.2. The summed E-state index contributed by atoms with van der Waals surface area (Å²) in [5.74, 6) is -8.62. The van der Waals surface area contributed by atoms with E-state index >= 15 is 0 Å². The summed E-state index contributed by atoms with van der Waals surface area (Å²) >= 11 is 0. The van der Waals surface area contributed by atoms with Crippen LogP contribution >= 0.6 is 0 Å². The lowest BCUT2D eigenvalue weighted by atomic mass is 9.68. The Morgan fingerprint density at radius 1 is 0.667 bits per heavy atom. The van der Waals surface area contributed by atoms with Crippen LogP contribution in [0.15, 0.2) is 24.3 Å². The first-order valence-electron chi connectivity index (χ1n) is 13.1. The number of hydrogen-bond donors (Lipinski definition) is 0. The molecular weight excluding hydrogens is 539 g/mol. The van der Waals surface area contributed by atoms with Crippen molar-refractivity contribution in [3.05, 3.63) is 58.7 Å². The molecule has 2 saturated carbocycles. The fourth-order valence-electron chi connectivity index (χ4n) is 6.11. The quantitative estimate of drug-likeness (QED) is 0.310. The van der Waals surface area contributed by atoms with Gasteiger partial charge in [0.25, 0.3) is 0 Å². The SMILES string of the molecule is CCC1CCC(C2CCC(c3cc(F)c(C(F)(F)Oc4cc(F)c(OC(F)(F)F)c(F)c4)c(F)c3)CC2)CC1. The summed E-state index contributed by atoms with van der Waals surface area (Å²) in [4.78, 5) is 0. The topological polar surface area (TPSA) is 18.5 Å². The second-order valence-electron chi connectivity index (χ2n) is 10.5. The summed E-state index contributed by atoms with van der Waals surface area (Å²) in [6, 6.07) is 1.62. The standard InChI is InChI=1S/C28H29F9O2/c1-2-15-3-5-16(6-4-15)17-7-9-18(10-8-17)19-11-21(29)25(22(30)12-19)27(33,34)38-20-13-23(31)26(24(32)14-20)39-28(35,36)37/h11-18H,2-10H2,1H3. The minimum Gasteiger partial charge on any atom is -0.429 e. The average molecular weight is 569 g/mol. The zero-order chi connectivity index (χ0) is 28.5. The molecule has 0 atom stereocenters. The van der Waals surface area contributed by atoms with E-state index in [-0.39, 0.29) is 23.6 Å². The van der Waals surface area contributed by atoms with Gasteiger partial charge in [0.15, 0.2) is 11.6 Å². The third kappa shape index (κ3) is 6.95.